The summed E-state index contributed by atoms with van der Waals surface area (Å²) in [6, 6.07) is 12.4. The maximum Gasteiger partial charge on any atom is 0.270 e. The first kappa shape index (κ1) is 14.6. The van der Waals surface area contributed by atoms with E-state index in [4.69, 9.17) is 0 Å². The molecule has 4 nitrogen and oxygen atoms in total. The molecule has 0 atom stereocenters. The van der Waals surface area contributed by atoms with Crippen LogP contribution in [0.2, 0.25) is 0 Å². The highest BCUT2D eigenvalue weighted by atomic mass is 16.1. The summed E-state index contributed by atoms with van der Waals surface area (Å²) in [5.74, 6) is -0.124. The van der Waals surface area contributed by atoms with E-state index in [1.807, 2.05) is 19.9 Å². The zero-order valence-corrected chi connectivity index (χ0v) is 13.0. The fourth-order valence-corrected chi connectivity index (χ4v) is 2.82. The summed E-state index contributed by atoms with van der Waals surface area (Å²) >= 11 is 0. The van der Waals surface area contributed by atoms with Gasteiger partial charge in [0.2, 0.25) is 0 Å². The van der Waals surface area contributed by atoms with E-state index in [0.29, 0.717) is 5.69 Å². The molecule has 3 rings (SSSR count). The van der Waals surface area contributed by atoms with Gasteiger partial charge in [-0.2, -0.15) is 0 Å². The molecule has 0 saturated carbocycles. The number of pyridine rings is 1. The summed E-state index contributed by atoms with van der Waals surface area (Å²) in [5, 5.41) is 2.86. The van der Waals surface area contributed by atoms with Crippen molar-refractivity contribution >= 4 is 17.3 Å². The molecule has 0 radical (unpaired) electrons. The molecule has 2 heterocycles. The van der Waals surface area contributed by atoms with Crippen molar-refractivity contribution < 1.29 is 4.79 Å². The van der Waals surface area contributed by atoms with E-state index < -0.39 is 0 Å². The van der Waals surface area contributed by atoms with E-state index in [9.17, 15) is 4.79 Å². The molecule has 1 aromatic carbocycles. The quantitative estimate of drug-likeness (QED) is 0.945. The Labute approximate surface area is 131 Å². The summed E-state index contributed by atoms with van der Waals surface area (Å²) in [7, 11) is 0. The van der Waals surface area contributed by atoms with Crippen molar-refractivity contribution in [1.29, 1.82) is 0 Å². The second kappa shape index (κ2) is 6.18. The predicted molar refractivity (Wildman–Crippen MR) is 88.6 cm³/mol. The molecule has 1 aliphatic heterocycles. The van der Waals surface area contributed by atoms with Crippen molar-refractivity contribution in [3.05, 3.63) is 53.9 Å². The lowest BCUT2D eigenvalue weighted by Crippen LogP contribution is -2.31. The van der Waals surface area contributed by atoms with E-state index in [0.717, 1.165) is 25.1 Å². The topological polar surface area (TPSA) is 45.2 Å². The summed E-state index contributed by atoms with van der Waals surface area (Å²) in [4.78, 5) is 18.6. The molecule has 0 fully saturated rings. The molecule has 0 unspecified atom stereocenters. The SMILES string of the molecule is CC(C)NC(=O)c1ccc(N2CCCc3ccccc32)cn1. The summed E-state index contributed by atoms with van der Waals surface area (Å²) in [5.41, 5.74) is 4.11. The number of amides is 1. The highest BCUT2D eigenvalue weighted by Crippen LogP contribution is 2.32. The molecule has 2 aromatic rings. The standard InChI is InChI=1S/C18H21N3O/c1-13(2)20-18(22)16-10-9-15(12-19-16)21-11-5-7-14-6-3-4-8-17(14)21/h3-4,6,8-10,12-13H,5,7,11H2,1-2H3,(H,20,22). The van der Waals surface area contributed by atoms with Crippen LogP contribution in [-0.2, 0) is 6.42 Å². The lowest BCUT2D eigenvalue weighted by molar-refractivity contribution is 0.0938. The van der Waals surface area contributed by atoms with Crippen LogP contribution in [0.15, 0.2) is 42.6 Å². The number of carbonyl (C=O) groups excluding carboxylic acids is 1. The minimum Gasteiger partial charge on any atom is -0.349 e. The Balaban J connectivity index is 1.84. The number of benzene rings is 1. The normalized spacial score (nSPS) is 13.9. The Morgan fingerprint density at radius 2 is 2.05 bits per heavy atom. The van der Waals surface area contributed by atoms with Crippen molar-refractivity contribution in [2.75, 3.05) is 11.4 Å². The molecule has 0 saturated heterocycles. The number of nitrogens with zero attached hydrogens (tertiary/aromatic N) is 2. The van der Waals surface area contributed by atoms with E-state index in [1.54, 1.807) is 12.3 Å². The third-order valence-corrected chi connectivity index (χ3v) is 3.82. The Kier molecular flexibility index (Phi) is 4.09. The van der Waals surface area contributed by atoms with E-state index in [-0.39, 0.29) is 11.9 Å². The van der Waals surface area contributed by atoms with Gasteiger partial charge in [0.15, 0.2) is 0 Å². The second-order valence-corrected chi connectivity index (χ2v) is 5.91. The van der Waals surface area contributed by atoms with E-state index in [1.165, 1.54) is 11.3 Å². The third kappa shape index (κ3) is 2.96. The number of hydrogen-bond donors (Lipinski definition) is 1. The van der Waals surface area contributed by atoms with Gasteiger partial charge in [0.25, 0.3) is 5.91 Å². The summed E-state index contributed by atoms with van der Waals surface area (Å²) < 4.78 is 0. The van der Waals surface area contributed by atoms with Gasteiger partial charge in [0, 0.05) is 18.3 Å². The largest absolute Gasteiger partial charge is 0.349 e. The van der Waals surface area contributed by atoms with Crippen LogP contribution in [0.25, 0.3) is 0 Å². The summed E-state index contributed by atoms with van der Waals surface area (Å²) in [6.07, 6.45) is 4.04. The molecule has 1 aliphatic rings. The Hall–Kier alpha value is -2.36. The van der Waals surface area contributed by atoms with Gasteiger partial charge in [0.05, 0.1) is 11.9 Å². The number of fused-ring (bicyclic) bond motifs is 1. The lowest BCUT2D eigenvalue weighted by Gasteiger charge is -2.31. The van der Waals surface area contributed by atoms with Gasteiger partial charge in [-0.05, 0) is 50.5 Å². The number of hydrogen-bond acceptors (Lipinski definition) is 3. The molecular formula is C18H21N3O. The van der Waals surface area contributed by atoms with Crippen molar-refractivity contribution in [1.82, 2.24) is 10.3 Å². The average Bonchev–Trinajstić information content (AvgIpc) is 2.54. The Bertz CT molecular complexity index is 664. The van der Waals surface area contributed by atoms with Crippen molar-refractivity contribution in [2.45, 2.75) is 32.7 Å². The molecule has 0 spiro atoms. The van der Waals surface area contributed by atoms with Crippen molar-refractivity contribution in [2.24, 2.45) is 0 Å². The van der Waals surface area contributed by atoms with Crippen molar-refractivity contribution in [3.8, 4) is 0 Å². The number of anilines is 2. The van der Waals surface area contributed by atoms with Crippen LogP contribution in [0.4, 0.5) is 11.4 Å². The molecule has 1 amide bonds. The molecule has 4 heteroatoms. The fourth-order valence-electron chi connectivity index (χ4n) is 2.82. The van der Waals surface area contributed by atoms with Crippen LogP contribution in [0.5, 0.6) is 0 Å². The third-order valence-electron chi connectivity index (χ3n) is 3.82. The predicted octanol–water partition coefficient (Wildman–Crippen LogP) is 3.30. The number of nitrogens with one attached hydrogen (secondary N) is 1. The molecule has 0 bridgehead atoms. The van der Waals surface area contributed by atoms with Crippen molar-refractivity contribution in [3.63, 3.8) is 0 Å². The van der Waals surface area contributed by atoms with E-state index >= 15 is 0 Å². The number of carbonyl (C=O) groups is 1. The van der Waals surface area contributed by atoms with Crippen LogP contribution in [0.1, 0.15) is 36.3 Å². The van der Waals surface area contributed by atoms with Gasteiger partial charge >= 0.3 is 0 Å². The van der Waals surface area contributed by atoms with Crippen LogP contribution < -0.4 is 10.2 Å². The molecular weight excluding hydrogens is 274 g/mol. The average molecular weight is 295 g/mol. The van der Waals surface area contributed by atoms with Crippen LogP contribution in [0.3, 0.4) is 0 Å². The maximum atomic E-state index is 12.0. The minimum atomic E-state index is -0.124. The highest BCUT2D eigenvalue weighted by molar-refractivity contribution is 5.92. The van der Waals surface area contributed by atoms with Gasteiger partial charge in [-0.1, -0.05) is 18.2 Å². The zero-order chi connectivity index (χ0) is 15.5. The van der Waals surface area contributed by atoms with Gasteiger partial charge in [-0.15, -0.1) is 0 Å². The molecule has 1 N–H and O–H groups in total. The zero-order valence-electron chi connectivity index (χ0n) is 13.0. The lowest BCUT2D eigenvalue weighted by atomic mass is 10.0. The number of aromatic nitrogens is 1. The first-order valence-electron chi connectivity index (χ1n) is 7.77. The van der Waals surface area contributed by atoms with Crippen LogP contribution in [-0.4, -0.2) is 23.5 Å². The van der Waals surface area contributed by atoms with Gasteiger partial charge in [-0.3, -0.25) is 4.79 Å². The summed E-state index contributed by atoms with van der Waals surface area (Å²) in [6.45, 7) is 4.87. The molecule has 1 aromatic heterocycles. The molecule has 22 heavy (non-hydrogen) atoms. The van der Waals surface area contributed by atoms with Crippen LogP contribution >= 0.6 is 0 Å². The smallest absolute Gasteiger partial charge is 0.270 e. The fraction of sp³-hybridized carbons (Fsp3) is 0.333. The van der Waals surface area contributed by atoms with Crippen LogP contribution in [0, 0.1) is 0 Å². The maximum absolute atomic E-state index is 12.0. The number of aryl methyl sites for hydroxylation is 1. The molecule has 114 valence electrons. The first-order chi connectivity index (χ1) is 10.6. The second-order valence-electron chi connectivity index (χ2n) is 5.91. The Morgan fingerprint density at radius 3 is 2.77 bits per heavy atom. The highest BCUT2D eigenvalue weighted by Gasteiger charge is 2.18. The van der Waals surface area contributed by atoms with E-state index in [2.05, 4.69) is 39.5 Å². The number of para-hydroxylation sites is 1. The minimum absolute atomic E-state index is 0.114. The number of rotatable bonds is 3. The first-order valence-corrected chi connectivity index (χ1v) is 7.77. The van der Waals surface area contributed by atoms with Gasteiger partial charge in [0.1, 0.15) is 5.69 Å². The molecule has 0 aliphatic carbocycles. The monoisotopic (exact) mass is 295 g/mol. The Morgan fingerprint density at radius 1 is 1.23 bits per heavy atom. The van der Waals surface area contributed by atoms with Gasteiger partial charge < -0.3 is 10.2 Å². The van der Waals surface area contributed by atoms with Gasteiger partial charge in [-0.25, -0.2) is 4.98 Å².